The van der Waals surface area contributed by atoms with Crippen LogP contribution in [0.2, 0.25) is 0 Å². The van der Waals surface area contributed by atoms with Crippen molar-refractivity contribution in [2.45, 2.75) is 64.1 Å². The van der Waals surface area contributed by atoms with Crippen molar-refractivity contribution in [3.63, 3.8) is 0 Å². The van der Waals surface area contributed by atoms with Gasteiger partial charge >= 0.3 is 0 Å². The van der Waals surface area contributed by atoms with Crippen LogP contribution < -0.4 is 9.47 Å². The smallest absolute Gasteiger partial charge is 0.257 e. The molecule has 4 rings (SSSR count). The molecule has 3 fully saturated rings. The first-order valence-electron chi connectivity index (χ1n) is 11.9. The highest BCUT2D eigenvalue weighted by Gasteiger charge is 2.31. The average molecular weight is 431 g/mol. The van der Waals surface area contributed by atoms with Crippen LogP contribution in [0, 0.1) is 5.92 Å². The molecule has 1 aromatic carbocycles. The molecule has 0 bridgehead atoms. The third kappa shape index (κ3) is 5.72. The van der Waals surface area contributed by atoms with E-state index >= 15 is 0 Å². The van der Waals surface area contributed by atoms with Crippen LogP contribution in [0.25, 0.3) is 0 Å². The Morgan fingerprint density at radius 1 is 1.13 bits per heavy atom. The standard InChI is InChI=1S/C25H38N2O4/c1-25(2)17-19(10-15-30-25)18-26-13-8-20(9-14-26)31-23-16-21(29-3)6-7-22(23)24(28)27-11-4-5-12-27/h6-7,16,19-20H,4-5,8-15,17-18H2,1-3H3. The molecule has 3 aliphatic rings. The van der Waals surface area contributed by atoms with Gasteiger partial charge in [-0.25, -0.2) is 0 Å². The van der Waals surface area contributed by atoms with Crippen molar-refractivity contribution in [2.24, 2.45) is 5.92 Å². The van der Waals surface area contributed by atoms with Crippen molar-refractivity contribution in [2.75, 3.05) is 46.4 Å². The van der Waals surface area contributed by atoms with E-state index in [9.17, 15) is 4.79 Å². The summed E-state index contributed by atoms with van der Waals surface area (Å²) in [6.07, 6.45) is 6.57. The lowest BCUT2D eigenvalue weighted by atomic mass is 9.87. The summed E-state index contributed by atoms with van der Waals surface area (Å²) in [5.74, 6) is 2.19. The van der Waals surface area contributed by atoms with Gasteiger partial charge in [0.1, 0.15) is 17.6 Å². The minimum Gasteiger partial charge on any atom is -0.497 e. The van der Waals surface area contributed by atoms with Crippen LogP contribution in [-0.2, 0) is 4.74 Å². The quantitative estimate of drug-likeness (QED) is 0.683. The Labute approximate surface area is 186 Å². The predicted octanol–water partition coefficient (Wildman–Crippen LogP) is 3.98. The third-order valence-electron chi connectivity index (χ3n) is 6.96. The first-order chi connectivity index (χ1) is 14.9. The average Bonchev–Trinajstić information content (AvgIpc) is 3.29. The Kier molecular flexibility index (Phi) is 7.07. The summed E-state index contributed by atoms with van der Waals surface area (Å²) in [4.78, 5) is 17.5. The van der Waals surface area contributed by atoms with E-state index < -0.39 is 0 Å². The summed E-state index contributed by atoms with van der Waals surface area (Å²) >= 11 is 0. The number of hydrogen-bond donors (Lipinski definition) is 0. The maximum absolute atomic E-state index is 13.0. The molecule has 0 radical (unpaired) electrons. The lowest BCUT2D eigenvalue weighted by Crippen LogP contribution is -2.44. The van der Waals surface area contributed by atoms with E-state index in [4.69, 9.17) is 14.2 Å². The van der Waals surface area contributed by atoms with Gasteiger partial charge in [-0.2, -0.15) is 0 Å². The molecule has 6 heteroatoms. The summed E-state index contributed by atoms with van der Waals surface area (Å²) in [6, 6.07) is 5.59. The van der Waals surface area contributed by atoms with Gasteiger partial charge in [-0.15, -0.1) is 0 Å². The third-order valence-corrected chi connectivity index (χ3v) is 6.96. The van der Waals surface area contributed by atoms with Gasteiger partial charge < -0.3 is 24.0 Å². The van der Waals surface area contributed by atoms with Gasteiger partial charge in [0.2, 0.25) is 0 Å². The second kappa shape index (κ2) is 9.78. The molecule has 3 heterocycles. The van der Waals surface area contributed by atoms with E-state index in [1.165, 1.54) is 0 Å². The fourth-order valence-electron chi connectivity index (χ4n) is 5.26. The second-order valence-electron chi connectivity index (χ2n) is 9.95. The highest BCUT2D eigenvalue weighted by Crippen LogP contribution is 2.32. The van der Waals surface area contributed by atoms with E-state index in [-0.39, 0.29) is 17.6 Å². The molecule has 0 N–H and O–H groups in total. The number of methoxy groups -OCH3 is 1. The summed E-state index contributed by atoms with van der Waals surface area (Å²) in [6.45, 7) is 10.2. The fourth-order valence-corrected chi connectivity index (χ4v) is 5.26. The van der Waals surface area contributed by atoms with Gasteiger partial charge in [0, 0.05) is 45.4 Å². The minimum absolute atomic E-state index is 0.00892. The van der Waals surface area contributed by atoms with Crippen LogP contribution in [0.3, 0.4) is 0 Å². The Hall–Kier alpha value is -1.79. The number of nitrogens with zero attached hydrogens (tertiary/aromatic N) is 2. The van der Waals surface area contributed by atoms with Crippen LogP contribution in [0.15, 0.2) is 18.2 Å². The minimum atomic E-state index is 0.00892. The van der Waals surface area contributed by atoms with E-state index in [0.717, 1.165) is 83.6 Å². The van der Waals surface area contributed by atoms with E-state index in [0.29, 0.717) is 17.2 Å². The number of hydrogen-bond acceptors (Lipinski definition) is 5. The maximum atomic E-state index is 13.0. The number of carbonyl (C=O) groups is 1. The number of likely N-dealkylation sites (tertiary alicyclic amines) is 2. The van der Waals surface area contributed by atoms with Gasteiger partial charge in [-0.1, -0.05) is 0 Å². The number of benzene rings is 1. The van der Waals surface area contributed by atoms with Gasteiger partial charge in [0.05, 0.1) is 18.3 Å². The number of rotatable bonds is 6. The van der Waals surface area contributed by atoms with Crippen molar-refractivity contribution < 1.29 is 19.0 Å². The number of ether oxygens (including phenoxy) is 3. The van der Waals surface area contributed by atoms with E-state index in [2.05, 4.69) is 18.7 Å². The van der Waals surface area contributed by atoms with Crippen molar-refractivity contribution in [1.82, 2.24) is 9.80 Å². The largest absolute Gasteiger partial charge is 0.497 e. The predicted molar refractivity (Wildman–Crippen MR) is 121 cm³/mol. The maximum Gasteiger partial charge on any atom is 0.257 e. The van der Waals surface area contributed by atoms with Gasteiger partial charge in [-0.05, 0) is 70.4 Å². The highest BCUT2D eigenvalue weighted by atomic mass is 16.5. The molecule has 3 aliphatic heterocycles. The molecule has 0 aliphatic carbocycles. The van der Waals surface area contributed by atoms with Crippen molar-refractivity contribution in [1.29, 1.82) is 0 Å². The van der Waals surface area contributed by atoms with Crippen LogP contribution in [0.5, 0.6) is 11.5 Å². The van der Waals surface area contributed by atoms with Gasteiger partial charge in [0.15, 0.2) is 0 Å². The van der Waals surface area contributed by atoms with Gasteiger partial charge in [0.25, 0.3) is 5.91 Å². The number of piperidine rings is 1. The Morgan fingerprint density at radius 2 is 1.87 bits per heavy atom. The van der Waals surface area contributed by atoms with Crippen LogP contribution in [0.4, 0.5) is 0 Å². The first kappa shape index (κ1) is 22.4. The summed E-state index contributed by atoms with van der Waals surface area (Å²) in [5, 5.41) is 0. The van der Waals surface area contributed by atoms with Gasteiger partial charge in [-0.3, -0.25) is 4.79 Å². The molecule has 0 aromatic heterocycles. The normalized spacial score (nSPS) is 24.9. The van der Waals surface area contributed by atoms with E-state index in [1.54, 1.807) is 7.11 Å². The summed E-state index contributed by atoms with van der Waals surface area (Å²) in [7, 11) is 1.65. The molecule has 1 aromatic rings. The molecule has 1 atom stereocenters. The summed E-state index contributed by atoms with van der Waals surface area (Å²) in [5.41, 5.74) is 0.671. The highest BCUT2D eigenvalue weighted by molar-refractivity contribution is 5.97. The number of carbonyl (C=O) groups excluding carboxylic acids is 1. The molecule has 31 heavy (non-hydrogen) atoms. The first-order valence-corrected chi connectivity index (χ1v) is 11.9. The fraction of sp³-hybridized carbons (Fsp3) is 0.720. The molecule has 1 amide bonds. The lowest BCUT2D eigenvalue weighted by molar-refractivity contribution is -0.0782. The monoisotopic (exact) mass is 430 g/mol. The Bertz CT molecular complexity index is 752. The topological polar surface area (TPSA) is 51.2 Å². The van der Waals surface area contributed by atoms with Crippen molar-refractivity contribution in [3.05, 3.63) is 23.8 Å². The zero-order valence-corrected chi connectivity index (χ0v) is 19.4. The number of amides is 1. The molecule has 172 valence electrons. The molecule has 6 nitrogen and oxygen atoms in total. The Morgan fingerprint density at radius 3 is 2.55 bits per heavy atom. The molecular weight excluding hydrogens is 392 g/mol. The zero-order chi connectivity index (χ0) is 21.8. The second-order valence-corrected chi connectivity index (χ2v) is 9.95. The zero-order valence-electron chi connectivity index (χ0n) is 19.4. The van der Waals surface area contributed by atoms with Crippen molar-refractivity contribution >= 4 is 5.91 Å². The SMILES string of the molecule is COc1ccc(C(=O)N2CCCC2)c(OC2CCN(CC3CCOC(C)(C)C3)CC2)c1. The van der Waals surface area contributed by atoms with Crippen LogP contribution in [0.1, 0.15) is 62.7 Å². The Balaban J connectivity index is 1.35. The molecule has 0 saturated carbocycles. The molecule has 0 spiro atoms. The molecular formula is C25H38N2O4. The lowest BCUT2D eigenvalue weighted by Gasteiger charge is -2.39. The molecule has 1 unspecified atom stereocenters. The van der Waals surface area contributed by atoms with Crippen LogP contribution >= 0.6 is 0 Å². The molecule has 3 saturated heterocycles. The van der Waals surface area contributed by atoms with E-state index in [1.807, 2.05) is 23.1 Å². The van der Waals surface area contributed by atoms with Crippen molar-refractivity contribution in [3.8, 4) is 11.5 Å². The van der Waals surface area contributed by atoms with Crippen LogP contribution in [-0.4, -0.2) is 73.9 Å². The summed E-state index contributed by atoms with van der Waals surface area (Å²) < 4.78 is 17.7.